The van der Waals surface area contributed by atoms with E-state index in [2.05, 4.69) is 12.2 Å². The van der Waals surface area contributed by atoms with E-state index in [0.29, 0.717) is 13.1 Å². The van der Waals surface area contributed by atoms with E-state index in [-0.39, 0.29) is 23.8 Å². The summed E-state index contributed by atoms with van der Waals surface area (Å²) < 4.78 is 2.00. The van der Waals surface area contributed by atoms with E-state index in [1.165, 1.54) is 0 Å². The van der Waals surface area contributed by atoms with Gasteiger partial charge in [0.2, 0.25) is 5.91 Å². The number of nitrogens with zero attached hydrogens (tertiary/aromatic N) is 2. The third-order valence-corrected chi connectivity index (χ3v) is 6.29. The molecule has 140 valence electrons. The molecule has 3 rings (SSSR count). The van der Waals surface area contributed by atoms with Crippen LogP contribution in [0.4, 0.5) is 0 Å². The molecule has 0 atom stereocenters. The maximum Gasteiger partial charge on any atom is 0.254 e. The molecule has 2 amide bonds. The third kappa shape index (κ3) is 3.70. The summed E-state index contributed by atoms with van der Waals surface area (Å²) in [7, 11) is 0. The first-order valence-electron chi connectivity index (χ1n) is 9.21. The number of rotatable bonds is 4. The van der Waals surface area contributed by atoms with Gasteiger partial charge in [-0.2, -0.15) is 0 Å². The number of carbonyl (C=O) groups excluding carboxylic acids is 2. The lowest BCUT2D eigenvalue weighted by molar-refractivity contribution is -0.135. The Morgan fingerprint density at radius 3 is 2.35 bits per heavy atom. The summed E-state index contributed by atoms with van der Waals surface area (Å²) in [5, 5.41) is 4.16. The van der Waals surface area contributed by atoms with E-state index in [1.807, 2.05) is 54.8 Å². The van der Waals surface area contributed by atoms with Crippen LogP contribution in [0.2, 0.25) is 0 Å². The van der Waals surface area contributed by atoms with Crippen molar-refractivity contribution in [3.05, 3.63) is 40.5 Å². The molecule has 26 heavy (non-hydrogen) atoms. The van der Waals surface area contributed by atoms with Crippen molar-refractivity contribution in [3.63, 3.8) is 0 Å². The third-order valence-electron chi connectivity index (χ3n) is 5.07. The molecule has 0 aliphatic carbocycles. The van der Waals surface area contributed by atoms with Crippen molar-refractivity contribution in [2.75, 3.05) is 13.1 Å². The second-order valence-corrected chi connectivity index (χ2v) is 8.48. The topological polar surface area (TPSA) is 54.3 Å². The Balaban J connectivity index is 1.69. The molecule has 0 unspecified atom stereocenters. The van der Waals surface area contributed by atoms with Crippen molar-refractivity contribution in [1.29, 1.82) is 0 Å². The molecule has 1 fully saturated rings. The van der Waals surface area contributed by atoms with Crippen LogP contribution >= 0.6 is 11.3 Å². The van der Waals surface area contributed by atoms with Crippen LogP contribution in [0.3, 0.4) is 0 Å². The number of hydrogen-bond donors (Lipinski definition) is 1. The fourth-order valence-electron chi connectivity index (χ4n) is 3.40. The van der Waals surface area contributed by atoms with Crippen molar-refractivity contribution in [2.45, 2.75) is 46.6 Å². The lowest BCUT2D eigenvalue weighted by Gasteiger charge is -2.33. The number of piperidine rings is 1. The van der Waals surface area contributed by atoms with Gasteiger partial charge in [0, 0.05) is 42.3 Å². The first-order chi connectivity index (χ1) is 12.4. The highest BCUT2D eigenvalue weighted by Gasteiger charge is 2.27. The average Bonchev–Trinajstić information content (AvgIpc) is 3.24. The molecule has 0 radical (unpaired) electrons. The highest BCUT2D eigenvalue weighted by atomic mass is 32.1. The van der Waals surface area contributed by atoms with E-state index < -0.39 is 0 Å². The number of likely N-dealkylation sites (tertiary alicyclic amines) is 1. The predicted molar refractivity (Wildman–Crippen MR) is 105 cm³/mol. The predicted octanol–water partition coefficient (Wildman–Crippen LogP) is 3.53. The monoisotopic (exact) mass is 373 g/mol. The van der Waals surface area contributed by atoms with Crippen molar-refractivity contribution >= 4 is 23.2 Å². The van der Waals surface area contributed by atoms with E-state index in [9.17, 15) is 9.59 Å². The average molecular weight is 374 g/mol. The Morgan fingerprint density at radius 2 is 1.77 bits per heavy atom. The Labute approximate surface area is 159 Å². The van der Waals surface area contributed by atoms with Gasteiger partial charge in [0.15, 0.2) is 0 Å². The van der Waals surface area contributed by atoms with Gasteiger partial charge in [0.25, 0.3) is 5.91 Å². The number of amides is 2. The molecule has 2 aromatic rings. The van der Waals surface area contributed by atoms with Crippen LogP contribution < -0.4 is 5.32 Å². The summed E-state index contributed by atoms with van der Waals surface area (Å²) in [4.78, 5) is 28.2. The molecular formula is C20H27N3O2S. The number of thiophene rings is 1. The number of hydrogen-bond acceptors (Lipinski definition) is 3. The summed E-state index contributed by atoms with van der Waals surface area (Å²) in [5.41, 5.74) is 1.81. The lowest BCUT2D eigenvalue weighted by Crippen LogP contribution is -2.47. The van der Waals surface area contributed by atoms with Gasteiger partial charge in [-0.05, 0) is 44.4 Å². The maximum absolute atomic E-state index is 13.0. The molecule has 1 saturated heterocycles. The molecule has 0 saturated carbocycles. The highest BCUT2D eigenvalue weighted by Crippen LogP contribution is 2.31. The zero-order valence-corrected chi connectivity index (χ0v) is 16.7. The van der Waals surface area contributed by atoms with Gasteiger partial charge in [-0.1, -0.05) is 13.8 Å². The van der Waals surface area contributed by atoms with Crippen molar-refractivity contribution in [1.82, 2.24) is 14.8 Å². The molecule has 6 heteroatoms. The highest BCUT2D eigenvalue weighted by molar-refractivity contribution is 7.15. The number of carbonyl (C=O) groups is 2. The molecule has 5 nitrogen and oxygen atoms in total. The van der Waals surface area contributed by atoms with Gasteiger partial charge >= 0.3 is 0 Å². The van der Waals surface area contributed by atoms with Gasteiger partial charge in [-0.25, -0.2) is 0 Å². The standard InChI is InChI=1S/C20H27N3O2S/c1-13(2)19(25)22-11-7-16(8-12-22)21-18(24)17-14(3)15(4)26-20(17)23-9-5-6-10-23/h5-6,9-10,13,16H,7-8,11-12H2,1-4H3,(H,21,24). The zero-order valence-electron chi connectivity index (χ0n) is 15.9. The van der Waals surface area contributed by atoms with Crippen LogP contribution in [0.25, 0.3) is 5.00 Å². The maximum atomic E-state index is 13.0. The van der Waals surface area contributed by atoms with Gasteiger partial charge in [0.1, 0.15) is 5.00 Å². The molecule has 0 bridgehead atoms. The van der Waals surface area contributed by atoms with Crippen molar-refractivity contribution < 1.29 is 9.59 Å². The first kappa shape index (κ1) is 18.7. The molecule has 1 aliphatic rings. The van der Waals surface area contributed by atoms with E-state index >= 15 is 0 Å². The number of aryl methyl sites for hydroxylation is 1. The number of nitrogens with one attached hydrogen (secondary N) is 1. The first-order valence-corrected chi connectivity index (χ1v) is 10.0. The molecule has 0 aromatic carbocycles. The van der Waals surface area contributed by atoms with Crippen molar-refractivity contribution in [3.8, 4) is 5.00 Å². The minimum Gasteiger partial charge on any atom is -0.349 e. The van der Waals surface area contributed by atoms with Crippen molar-refractivity contribution in [2.24, 2.45) is 5.92 Å². The summed E-state index contributed by atoms with van der Waals surface area (Å²) in [6, 6.07) is 4.05. The summed E-state index contributed by atoms with van der Waals surface area (Å²) in [6.45, 7) is 9.36. The van der Waals surface area contributed by atoms with Gasteiger partial charge in [0.05, 0.1) is 5.56 Å². The van der Waals surface area contributed by atoms with Crippen LogP contribution in [0.15, 0.2) is 24.5 Å². The molecule has 1 N–H and O–H groups in total. The van der Waals surface area contributed by atoms with Crippen LogP contribution in [0, 0.1) is 19.8 Å². The molecule has 1 aliphatic heterocycles. The fourth-order valence-corrected chi connectivity index (χ4v) is 4.52. The van der Waals surface area contributed by atoms with E-state index in [1.54, 1.807) is 11.3 Å². The van der Waals surface area contributed by atoms with Crippen LogP contribution in [-0.2, 0) is 4.79 Å². The van der Waals surface area contributed by atoms with Gasteiger partial charge in [-0.3, -0.25) is 9.59 Å². The summed E-state index contributed by atoms with van der Waals surface area (Å²) >= 11 is 1.65. The van der Waals surface area contributed by atoms with E-state index in [4.69, 9.17) is 0 Å². The Bertz CT molecular complexity index is 784. The summed E-state index contributed by atoms with van der Waals surface area (Å²) in [6.07, 6.45) is 5.56. The molecule has 2 aromatic heterocycles. The van der Waals surface area contributed by atoms with Crippen LogP contribution in [-0.4, -0.2) is 40.4 Å². The smallest absolute Gasteiger partial charge is 0.254 e. The molecule has 3 heterocycles. The Kier molecular flexibility index (Phi) is 5.51. The summed E-state index contributed by atoms with van der Waals surface area (Å²) in [5.74, 6) is 0.222. The van der Waals surface area contributed by atoms with Gasteiger partial charge < -0.3 is 14.8 Å². The van der Waals surface area contributed by atoms with E-state index in [0.717, 1.165) is 33.8 Å². The van der Waals surface area contributed by atoms with Crippen LogP contribution in [0.5, 0.6) is 0 Å². The van der Waals surface area contributed by atoms with Crippen LogP contribution in [0.1, 0.15) is 47.5 Å². The Morgan fingerprint density at radius 1 is 1.15 bits per heavy atom. The quantitative estimate of drug-likeness (QED) is 0.891. The lowest BCUT2D eigenvalue weighted by atomic mass is 10.0. The largest absolute Gasteiger partial charge is 0.349 e. The fraction of sp³-hybridized carbons (Fsp3) is 0.500. The zero-order chi connectivity index (χ0) is 18.8. The Hall–Kier alpha value is -2.08. The van der Waals surface area contributed by atoms with Gasteiger partial charge in [-0.15, -0.1) is 11.3 Å². The SMILES string of the molecule is Cc1sc(-n2cccc2)c(C(=O)NC2CCN(C(=O)C(C)C)CC2)c1C. The second kappa shape index (κ2) is 7.66. The second-order valence-electron chi connectivity index (χ2n) is 7.28. The minimum absolute atomic E-state index is 0.0100. The molecular weight excluding hydrogens is 346 g/mol. The number of aromatic nitrogens is 1. The minimum atomic E-state index is -0.0100. The normalized spacial score (nSPS) is 15.5. The molecule has 0 spiro atoms.